The lowest BCUT2D eigenvalue weighted by atomic mass is 10.2. The number of halogens is 2. The number of rotatable bonds is 6. The highest BCUT2D eigenvalue weighted by molar-refractivity contribution is 7.17. The summed E-state index contributed by atoms with van der Waals surface area (Å²) >= 11 is 1.21. The van der Waals surface area contributed by atoms with Gasteiger partial charge in [-0.2, -0.15) is 8.78 Å². The Hall–Kier alpha value is -2.52. The van der Waals surface area contributed by atoms with Crippen molar-refractivity contribution in [3.05, 3.63) is 41.3 Å². The second-order valence-corrected chi connectivity index (χ2v) is 7.06. The molecule has 0 bridgehead atoms. The summed E-state index contributed by atoms with van der Waals surface area (Å²) in [6, 6.07) is 8.54. The van der Waals surface area contributed by atoms with Crippen LogP contribution in [-0.4, -0.2) is 54.3 Å². The summed E-state index contributed by atoms with van der Waals surface area (Å²) in [4.78, 5) is 26.7. The predicted octanol–water partition coefficient (Wildman–Crippen LogP) is 3.33. The molecule has 2 unspecified atom stereocenters. The van der Waals surface area contributed by atoms with Crippen molar-refractivity contribution >= 4 is 23.2 Å². The molecule has 1 N–H and O–H groups in total. The van der Waals surface area contributed by atoms with Gasteiger partial charge in [0, 0.05) is 25.0 Å². The molecule has 1 saturated heterocycles. The SMILES string of the molecule is COC1CC(C(=O)O)N(C(=O)c2ccc(-c3ccc(OC(F)F)cc3)s2)C1. The fraction of sp³-hybridized carbons (Fsp3) is 0.333. The second kappa shape index (κ2) is 8.01. The zero-order valence-electron chi connectivity index (χ0n) is 14.3. The van der Waals surface area contributed by atoms with Crippen molar-refractivity contribution in [2.45, 2.75) is 25.2 Å². The van der Waals surface area contributed by atoms with Gasteiger partial charge in [0.25, 0.3) is 5.91 Å². The Labute approximate surface area is 157 Å². The monoisotopic (exact) mass is 397 g/mol. The molecular weight excluding hydrogens is 380 g/mol. The third-order valence-corrected chi connectivity index (χ3v) is 5.45. The third-order valence-electron chi connectivity index (χ3n) is 4.32. The van der Waals surface area contributed by atoms with Crippen molar-refractivity contribution < 1.29 is 33.0 Å². The van der Waals surface area contributed by atoms with Crippen LogP contribution in [0.25, 0.3) is 10.4 Å². The molecule has 2 heterocycles. The van der Waals surface area contributed by atoms with Crippen molar-refractivity contribution in [3.8, 4) is 16.2 Å². The maximum atomic E-state index is 12.8. The number of alkyl halides is 2. The Morgan fingerprint density at radius 3 is 2.52 bits per heavy atom. The van der Waals surface area contributed by atoms with Crippen LogP contribution in [-0.2, 0) is 9.53 Å². The quantitative estimate of drug-likeness (QED) is 0.809. The van der Waals surface area contributed by atoms with E-state index >= 15 is 0 Å². The maximum Gasteiger partial charge on any atom is 0.387 e. The van der Waals surface area contributed by atoms with E-state index in [1.54, 1.807) is 24.3 Å². The molecule has 9 heteroatoms. The number of methoxy groups -OCH3 is 1. The minimum absolute atomic E-state index is 0.0496. The molecule has 3 rings (SSSR count). The summed E-state index contributed by atoms with van der Waals surface area (Å²) in [7, 11) is 1.49. The smallest absolute Gasteiger partial charge is 0.387 e. The van der Waals surface area contributed by atoms with Crippen molar-refractivity contribution in [2.24, 2.45) is 0 Å². The van der Waals surface area contributed by atoms with Gasteiger partial charge in [0.05, 0.1) is 11.0 Å². The minimum atomic E-state index is -2.89. The van der Waals surface area contributed by atoms with Gasteiger partial charge < -0.3 is 19.5 Å². The number of ether oxygens (including phenoxy) is 2. The number of hydrogen-bond acceptors (Lipinski definition) is 5. The van der Waals surface area contributed by atoms with Crippen LogP contribution in [0.4, 0.5) is 8.78 Å². The van der Waals surface area contributed by atoms with E-state index in [1.807, 2.05) is 0 Å². The molecule has 1 fully saturated rings. The van der Waals surface area contributed by atoms with E-state index in [0.717, 1.165) is 10.4 Å². The molecule has 0 radical (unpaired) electrons. The van der Waals surface area contributed by atoms with E-state index in [-0.39, 0.29) is 30.7 Å². The lowest BCUT2D eigenvalue weighted by Crippen LogP contribution is -2.40. The maximum absolute atomic E-state index is 12.8. The van der Waals surface area contributed by atoms with E-state index < -0.39 is 18.6 Å². The van der Waals surface area contributed by atoms with Gasteiger partial charge in [-0.25, -0.2) is 4.79 Å². The molecule has 1 aromatic carbocycles. The molecule has 27 heavy (non-hydrogen) atoms. The van der Waals surface area contributed by atoms with E-state index in [0.29, 0.717) is 4.88 Å². The van der Waals surface area contributed by atoms with Crippen LogP contribution in [0.1, 0.15) is 16.1 Å². The molecule has 0 aliphatic carbocycles. The number of amides is 1. The van der Waals surface area contributed by atoms with Gasteiger partial charge in [0.15, 0.2) is 0 Å². The fourth-order valence-corrected chi connectivity index (χ4v) is 3.94. The molecule has 0 saturated carbocycles. The predicted molar refractivity (Wildman–Crippen MR) is 94.3 cm³/mol. The average Bonchev–Trinajstić information content (AvgIpc) is 3.28. The van der Waals surface area contributed by atoms with Gasteiger partial charge in [-0.15, -0.1) is 11.3 Å². The molecule has 2 atom stereocenters. The van der Waals surface area contributed by atoms with Crippen LogP contribution < -0.4 is 4.74 Å². The van der Waals surface area contributed by atoms with E-state index in [2.05, 4.69) is 4.74 Å². The molecule has 0 spiro atoms. The molecule has 144 valence electrons. The number of hydrogen-bond donors (Lipinski definition) is 1. The fourth-order valence-electron chi connectivity index (χ4n) is 2.98. The van der Waals surface area contributed by atoms with Gasteiger partial charge in [-0.3, -0.25) is 4.79 Å². The van der Waals surface area contributed by atoms with Gasteiger partial charge in [-0.1, -0.05) is 0 Å². The first kappa shape index (κ1) is 19.2. The Morgan fingerprint density at radius 1 is 1.22 bits per heavy atom. The zero-order chi connectivity index (χ0) is 19.6. The summed E-state index contributed by atoms with van der Waals surface area (Å²) in [6.07, 6.45) is -0.0571. The second-order valence-electron chi connectivity index (χ2n) is 5.97. The number of likely N-dealkylation sites (tertiary alicyclic amines) is 1. The van der Waals surface area contributed by atoms with Crippen LogP contribution in [0.5, 0.6) is 5.75 Å². The summed E-state index contributed by atoms with van der Waals surface area (Å²) in [5.74, 6) is -1.38. The van der Waals surface area contributed by atoms with Crippen molar-refractivity contribution in [2.75, 3.05) is 13.7 Å². The van der Waals surface area contributed by atoms with Crippen molar-refractivity contribution in [3.63, 3.8) is 0 Å². The number of benzene rings is 1. The first-order valence-electron chi connectivity index (χ1n) is 8.10. The lowest BCUT2D eigenvalue weighted by molar-refractivity contribution is -0.141. The zero-order valence-corrected chi connectivity index (χ0v) is 15.1. The van der Waals surface area contributed by atoms with Crippen LogP contribution >= 0.6 is 11.3 Å². The summed E-state index contributed by atoms with van der Waals surface area (Å²) in [5, 5.41) is 9.35. The van der Waals surface area contributed by atoms with Crippen LogP contribution in [0.15, 0.2) is 36.4 Å². The highest BCUT2D eigenvalue weighted by atomic mass is 32.1. The molecular formula is C18H17F2NO5S. The van der Waals surface area contributed by atoms with Crippen molar-refractivity contribution in [1.29, 1.82) is 0 Å². The lowest BCUT2D eigenvalue weighted by Gasteiger charge is -2.20. The van der Waals surface area contributed by atoms with Crippen LogP contribution in [0.2, 0.25) is 0 Å². The largest absolute Gasteiger partial charge is 0.480 e. The Morgan fingerprint density at radius 2 is 1.93 bits per heavy atom. The average molecular weight is 397 g/mol. The first-order valence-corrected chi connectivity index (χ1v) is 8.92. The van der Waals surface area contributed by atoms with E-state index in [4.69, 9.17) is 4.74 Å². The Bertz CT molecular complexity index is 823. The number of carboxylic acids is 1. The van der Waals surface area contributed by atoms with E-state index in [1.165, 1.54) is 35.5 Å². The Balaban J connectivity index is 1.76. The van der Waals surface area contributed by atoms with Crippen LogP contribution in [0.3, 0.4) is 0 Å². The number of aliphatic carboxylic acids is 1. The van der Waals surface area contributed by atoms with E-state index in [9.17, 15) is 23.5 Å². The van der Waals surface area contributed by atoms with Crippen LogP contribution in [0, 0.1) is 0 Å². The molecule has 6 nitrogen and oxygen atoms in total. The minimum Gasteiger partial charge on any atom is -0.480 e. The molecule has 2 aromatic rings. The number of carbonyl (C=O) groups excluding carboxylic acids is 1. The summed E-state index contributed by atoms with van der Waals surface area (Å²) in [5.41, 5.74) is 0.742. The van der Waals surface area contributed by atoms with Gasteiger partial charge >= 0.3 is 12.6 Å². The van der Waals surface area contributed by atoms with Gasteiger partial charge in [0.1, 0.15) is 11.8 Å². The summed E-state index contributed by atoms with van der Waals surface area (Å²) < 4.78 is 33.9. The third kappa shape index (κ3) is 4.25. The molecule has 1 aliphatic heterocycles. The highest BCUT2D eigenvalue weighted by Crippen LogP contribution is 2.32. The Kier molecular flexibility index (Phi) is 5.71. The highest BCUT2D eigenvalue weighted by Gasteiger charge is 2.40. The normalized spacial score (nSPS) is 19.5. The number of carbonyl (C=O) groups is 2. The topological polar surface area (TPSA) is 76.1 Å². The molecule has 1 aromatic heterocycles. The van der Waals surface area contributed by atoms with Gasteiger partial charge in [0.2, 0.25) is 0 Å². The van der Waals surface area contributed by atoms with Crippen molar-refractivity contribution in [1.82, 2.24) is 4.90 Å². The number of nitrogens with zero attached hydrogens (tertiary/aromatic N) is 1. The first-order chi connectivity index (χ1) is 12.9. The number of carboxylic acid groups (broad SMARTS) is 1. The van der Waals surface area contributed by atoms with Gasteiger partial charge in [-0.05, 0) is 42.0 Å². The molecule has 1 aliphatic rings. The number of thiophene rings is 1. The standard InChI is InChI=1S/C18H17F2NO5S/c1-25-12-8-13(17(23)24)21(9-12)16(22)15-7-6-14(27-15)10-2-4-11(5-3-10)26-18(19)20/h2-7,12-13,18H,8-9H2,1H3,(H,23,24). The summed E-state index contributed by atoms with van der Waals surface area (Å²) in [6.45, 7) is -2.67. The molecule has 1 amide bonds.